The maximum atomic E-state index is 11.4. The van der Waals surface area contributed by atoms with Crippen molar-refractivity contribution < 1.29 is 19.4 Å². The Bertz CT molecular complexity index is 399. The normalized spacial score (nSPS) is 11.6. The van der Waals surface area contributed by atoms with Gasteiger partial charge < -0.3 is 15.2 Å². The third-order valence-corrected chi connectivity index (χ3v) is 2.24. The van der Waals surface area contributed by atoms with Gasteiger partial charge in [0.2, 0.25) is 5.91 Å². The van der Waals surface area contributed by atoms with Gasteiger partial charge in [0.25, 0.3) is 0 Å². The summed E-state index contributed by atoms with van der Waals surface area (Å²) in [6.45, 7) is 1.34. The Morgan fingerprint density at radius 3 is 2.41 bits per heavy atom. The second kappa shape index (κ2) is 5.89. The number of ether oxygens (including phenoxy) is 1. The topological polar surface area (TPSA) is 75.6 Å². The standard InChI is InChI=1S/C12H15NO4/c1-8(14)13-11(12(16)17-2)7-9-3-5-10(15)6-4-9/h3-6,11,15H,7H2,1-2H3,(H,13,14)/t11-/m0/s1. The summed E-state index contributed by atoms with van der Waals surface area (Å²) < 4.78 is 4.61. The first-order valence-corrected chi connectivity index (χ1v) is 5.15. The van der Waals surface area contributed by atoms with Crippen molar-refractivity contribution in [2.24, 2.45) is 0 Å². The summed E-state index contributed by atoms with van der Waals surface area (Å²) >= 11 is 0. The largest absolute Gasteiger partial charge is 0.508 e. The summed E-state index contributed by atoms with van der Waals surface area (Å²) in [5.41, 5.74) is 0.826. The third-order valence-electron chi connectivity index (χ3n) is 2.24. The Hall–Kier alpha value is -2.04. The van der Waals surface area contributed by atoms with Crippen LogP contribution in [-0.2, 0) is 20.7 Å². The van der Waals surface area contributed by atoms with Crippen LogP contribution in [0.3, 0.4) is 0 Å². The summed E-state index contributed by atoms with van der Waals surface area (Å²) in [6, 6.07) is 5.72. The van der Waals surface area contributed by atoms with E-state index < -0.39 is 12.0 Å². The number of phenolic OH excluding ortho intramolecular Hbond substituents is 1. The number of carbonyl (C=O) groups excluding carboxylic acids is 2. The lowest BCUT2D eigenvalue weighted by atomic mass is 10.1. The lowest BCUT2D eigenvalue weighted by molar-refractivity contribution is -0.144. The highest BCUT2D eigenvalue weighted by Gasteiger charge is 2.20. The molecule has 2 N–H and O–H groups in total. The summed E-state index contributed by atoms with van der Waals surface area (Å²) in [6.07, 6.45) is 0.326. The number of aromatic hydroxyl groups is 1. The van der Waals surface area contributed by atoms with Gasteiger partial charge in [0, 0.05) is 13.3 Å². The van der Waals surface area contributed by atoms with Crippen LogP contribution in [0.5, 0.6) is 5.75 Å². The molecule has 0 heterocycles. The fourth-order valence-electron chi connectivity index (χ4n) is 1.45. The average Bonchev–Trinajstić information content (AvgIpc) is 2.29. The molecule has 0 aromatic heterocycles. The van der Waals surface area contributed by atoms with Gasteiger partial charge in [-0.1, -0.05) is 12.1 Å². The Morgan fingerprint density at radius 1 is 1.35 bits per heavy atom. The van der Waals surface area contributed by atoms with Gasteiger partial charge in [-0.05, 0) is 17.7 Å². The van der Waals surface area contributed by atoms with E-state index in [1.807, 2.05) is 0 Å². The van der Waals surface area contributed by atoms with Crippen molar-refractivity contribution >= 4 is 11.9 Å². The molecule has 1 rings (SSSR count). The maximum absolute atomic E-state index is 11.4. The van der Waals surface area contributed by atoms with Crippen molar-refractivity contribution in [1.29, 1.82) is 0 Å². The van der Waals surface area contributed by atoms with Crippen LogP contribution in [0.15, 0.2) is 24.3 Å². The number of nitrogens with one attached hydrogen (secondary N) is 1. The smallest absolute Gasteiger partial charge is 0.328 e. The molecule has 92 valence electrons. The van der Waals surface area contributed by atoms with Gasteiger partial charge in [-0.25, -0.2) is 4.79 Å². The minimum atomic E-state index is -0.706. The number of hydrogen-bond donors (Lipinski definition) is 2. The molecular weight excluding hydrogens is 222 g/mol. The van der Waals surface area contributed by atoms with Crippen molar-refractivity contribution in [1.82, 2.24) is 5.32 Å². The van der Waals surface area contributed by atoms with Crippen LogP contribution in [0.1, 0.15) is 12.5 Å². The molecule has 0 bridgehead atoms. The van der Waals surface area contributed by atoms with Crippen molar-refractivity contribution in [3.8, 4) is 5.75 Å². The first-order valence-electron chi connectivity index (χ1n) is 5.15. The van der Waals surface area contributed by atoms with Gasteiger partial charge in [-0.3, -0.25) is 4.79 Å². The van der Waals surface area contributed by atoms with Gasteiger partial charge in [0.05, 0.1) is 7.11 Å². The monoisotopic (exact) mass is 237 g/mol. The van der Waals surface area contributed by atoms with E-state index in [4.69, 9.17) is 5.11 Å². The average molecular weight is 237 g/mol. The van der Waals surface area contributed by atoms with Gasteiger partial charge in [0.1, 0.15) is 11.8 Å². The molecule has 17 heavy (non-hydrogen) atoms. The zero-order valence-electron chi connectivity index (χ0n) is 9.77. The third kappa shape index (κ3) is 4.14. The first-order chi connectivity index (χ1) is 8.02. The van der Waals surface area contributed by atoms with Gasteiger partial charge in [-0.15, -0.1) is 0 Å². The Balaban J connectivity index is 2.75. The number of rotatable bonds is 4. The van der Waals surface area contributed by atoms with E-state index >= 15 is 0 Å². The first kappa shape index (κ1) is 13.0. The molecule has 0 saturated carbocycles. The van der Waals surface area contributed by atoms with Crippen molar-refractivity contribution in [2.45, 2.75) is 19.4 Å². The van der Waals surface area contributed by atoms with Crippen LogP contribution in [0, 0.1) is 0 Å². The highest BCUT2D eigenvalue weighted by atomic mass is 16.5. The number of esters is 1. The predicted octanol–water partition coefficient (Wildman–Crippen LogP) is 0.612. The Kier molecular flexibility index (Phi) is 4.51. The summed E-state index contributed by atoms with van der Waals surface area (Å²) in [5.74, 6) is -0.629. The lowest BCUT2D eigenvalue weighted by Gasteiger charge is -2.15. The lowest BCUT2D eigenvalue weighted by Crippen LogP contribution is -2.41. The molecular formula is C12H15NO4. The number of benzene rings is 1. The minimum Gasteiger partial charge on any atom is -0.508 e. The van der Waals surface area contributed by atoms with E-state index in [2.05, 4.69) is 10.1 Å². The molecule has 0 spiro atoms. The maximum Gasteiger partial charge on any atom is 0.328 e. The highest BCUT2D eigenvalue weighted by Crippen LogP contribution is 2.11. The predicted molar refractivity (Wildman–Crippen MR) is 61.4 cm³/mol. The Labute approximate surface area is 99.4 Å². The molecule has 0 aliphatic carbocycles. The zero-order valence-corrected chi connectivity index (χ0v) is 9.77. The molecule has 5 nitrogen and oxygen atoms in total. The molecule has 1 amide bonds. The number of hydrogen-bond acceptors (Lipinski definition) is 4. The summed E-state index contributed by atoms with van der Waals surface area (Å²) in [5, 5.41) is 11.6. The van der Waals surface area contributed by atoms with Crippen molar-refractivity contribution in [3.05, 3.63) is 29.8 Å². The fourth-order valence-corrected chi connectivity index (χ4v) is 1.45. The van der Waals surface area contributed by atoms with E-state index in [1.165, 1.54) is 26.2 Å². The second-order valence-electron chi connectivity index (χ2n) is 3.65. The quantitative estimate of drug-likeness (QED) is 0.752. The molecule has 1 atom stereocenters. The SMILES string of the molecule is COC(=O)[C@H](Cc1ccc(O)cc1)NC(C)=O. The highest BCUT2D eigenvalue weighted by molar-refractivity contribution is 5.83. The summed E-state index contributed by atoms with van der Waals surface area (Å²) in [4.78, 5) is 22.4. The van der Waals surface area contributed by atoms with E-state index in [0.717, 1.165) is 5.56 Å². The number of amides is 1. The van der Waals surface area contributed by atoms with Crippen LogP contribution in [-0.4, -0.2) is 30.1 Å². The molecule has 0 aliphatic heterocycles. The van der Waals surface area contributed by atoms with Crippen molar-refractivity contribution in [2.75, 3.05) is 7.11 Å². The molecule has 0 radical (unpaired) electrons. The van der Waals surface area contributed by atoms with E-state index in [-0.39, 0.29) is 11.7 Å². The number of phenols is 1. The number of methoxy groups -OCH3 is 1. The minimum absolute atomic E-state index is 0.155. The zero-order chi connectivity index (χ0) is 12.8. The van der Waals surface area contributed by atoms with Gasteiger partial charge >= 0.3 is 5.97 Å². The molecule has 1 aromatic rings. The van der Waals surface area contributed by atoms with E-state index in [1.54, 1.807) is 12.1 Å². The van der Waals surface area contributed by atoms with Crippen LogP contribution in [0.2, 0.25) is 0 Å². The molecule has 0 saturated heterocycles. The molecule has 5 heteroatoms. The van der Waals surface area contributed by atoms with Gasteiger partial charge in [0.15, 0.2) is 0 Å². The van der Waals surface area contributed by atoms with Crippen molar-refractivity contribution in [3.63, 3.8) is 0 Å². The van der Waals surface area contributed by atoms with Crippen LogP contribution in [0.25, 0.3) is 0 Å². The van der Waals surface area contributed by atoms with E-state index in [0.29, 0.717) is 6.42 Å². The van der Waals surface area contributed by atoms with Crippen LogP contribution < -0.4 is 5.32 Å². The van der Waals surface area contributed by atoms with Crippen LogP contribution >= 0.6 is 0 Å². The van der Waals surface area contributed by atoms with Gasteiger partial charge in [-0.2, -0.15) is 0 Å². The van der Waals surface area contributed by atoms with E-state index in [9.17, 15) is 9.59 Å². The second-order valence-corrected chi connectivity index (χ2v) is 3.65. The molecule has 0 fully saturated rings. The fraction of sp³-hybridized carbons (Fsp3) is 0.333. The molecule has 0 unspecified atom stereocenters. The molecule has 0 aliphatic rings. The number of carbonyl (C=O) groups is 2. The van der Waals surface area contributed by atoms with Crippen LogP contribution in [0.4, 0.5) is 0 Å². The summed E-state index contributed by atoms with van der Waals surface area (Å²) in [7, 11) is 1.27. The Morgan fingerprint density at radius 2 is 1.94 bits per heavy atom. The molecule has 1 aromatic carbocycles.